The predicted octanol–water partition coefficient (Wildman–Crippen LogP) is 3.79. The predicted molar refractivity (Wildman–Crippen MR) is 70.6 cm³/mol. The van der Waals surface area contributed by atoms with Gasteiger partial charge in [-0.1, -0.05) is 30.9 Å². The van der Waals surface area contributed by atoms with Gasteiger partial charge < -0.3 is 4.18 Å². The van der Waals surface area contributed by atoms with E-state index in [2.05, 4.69) is 10.8 Å². The fraction of sp³-hybridized carbons (Fsp3) is 0. The van der Waals surface area contributed by atoms with Gasteiger partial charge in [0.15, 0.2) is 0 Å². The fourth-order valence-electron chi connectivity index (χ4n) is 1.69. The molecule has 0 fully saturated rings. The van der Waals surface area contributed by atoms with Gasteiger partial charge in [-0.05, 0) is 11.6 Å². The molecule has 0 heterocycles. The molecule has 0 aromatic heterocycles. The largest absolute Gasteiger partial charge is 0.372 e. The van der Waals surface area contributed by atoms with E-state index in [0.717, 1.165) is 12.1 Å². The molecule has 2 aromatic rings. The van der Waals surface area contributed by atoms with E-state index in [9.17, 15) is 30.4 Å². The normalized spacial score (nSPS) is 11.3. The Hall–Kier alpha value is -2.42. The Balaban J connectivity index is 2.61. The summed E-state index contributed by atoms with van der Waals surface area (Å²) >= 11 is 0. The van der Waals surface area contributed by atoms with Crippen molar-refractivity contribution in [3.8, 4) is 5.75 Å². The summed E-state index contributed by atoms with van der Waals surface area (Å²) in [6.45, 7) is 3.35. The zero-order valence-corrected chi connectivity index (χ0v) is 11.9. The summed E-state index contributed by atoms with van der Waals surface area (Å²) in [6.07, 6.45) is 1.12. The van der Waals surface area contributed by atoms with E-state index in [0.29, 0.717) is 0 Å². The van der Waals surface area contributed by atoms with Crippen LogP contribution in [-0.4, -0.2) is 8.42 Å². The molecule has 23 heavy (non-hydrogen) atoms. The maximum Gasteiger partial charge on any atom is 0.340 e. The van der Waals surface area contributed by atoms with Crippen molar-refractivity contribution in [1.29, 1.82) is 0 Å². The number of halogens is 5. The zero-order chi connectivity index (χ0) is 17.4. The first-order chi connectivity index (χ1) is 10.7. The van der Waals surface area contributed by atoms with Crippen LogP contribution < -0.4 is 4.18 Å². The average Bonchev–Trinajstić information content (AvgIpc) is 2.55. The van der Waals surface area contributed by atoms with Crippen molar-refractivity contribution >= 4 is 16.2 Å². The lowest BCUT2D eigenvalue weighted by Gasteiger charge is -2.11. The molecule has 0 radical (unpaired) electrons. The molecular formula is C14H7F5O3S. The second-order valence-electron chi connectivity index (χ2n) is 4.18. The molecule has 9 heteroatoms. The van der Waals surface area contributed by atoms with Gasteiger partial charge in [0.2, 0.25) is 34.8 Å². The highest BCUT2D eigenvalue weighted by atomic mass is 32.2. The number of hydrogen-bond acceptors (Lipinski definition) is 3. The van der Waals surface area contributed by atoms with Gasteiger partial charge >= 0.3 is 10.1 Å². The van der Waals surface area contributed by atoms with Gasteiger partial charge in [-0.3, -0.25) is 0 Å². The van der Waals surface area contributed by atoms with Gasteiger partial charge in [0.05, 0.1) is 0 Å². The standard InChI is InChI=1S/C14H7F5O3S/c1-2-7-5-3-4-6-8(7)23(20,21)22-14-12(18)10(16)9(15)11(17)13(14)19/h2-6H,1H2. The van der Waals surface area contributed by atoms with E-state index in [1.807, 2.05) is 0 Å². The minimum Gasteiger partial charge on any atom is -0.372 e. The van der Waals surface area contributed by atoms with Crippen LogP contribution in [0, 0.1) is 29.1 Å². The number of benzene rings is 2. The highest BCUT2D eigenvalue weighted by molar-refractivity contribution is 7.87. The highest BCUT2D eigenvalue weighted by Gasteiger charge is 2.31. The Morgan fingerprint density at radius 2 is 1.35 bits per heavy atom. The summed E-state index contributed by atoms with van der Waals surface area (Å²) in [5.74, 6) is -13.7. The molecule has 0 spiro atoms. The van der Waals surface area contributed by atoms with Crippen LogP contribution in [0.3, 0.4) is 0 Å². The smallest absolute Gasteiger partial charge is 0.340 e. The van der Waals surface area contributed by atoms with Crippen LogP contribution in [0.4, 0.5) is 22.0 Å². The van der Waals surface area contributed by atoms with Crippen LogP contribution in [0.15, 0.2) is 35.7 Å². The monoisotopic (exact) mass is 350 g/mol. The van der Waals surface area contributed by atoms with Crippen LogP contribution in [-0.2, 0) is 10.1 Å². The second-order valence-corrected chi connectivity index (χ2v) is 5.69. The lowest BCUT2D eigenvalue weighted by atomic mass is 10.2. The van der Waals surface area contributed by atoms with Gasteiger partial charge in [0, 0.05) is 0 Å². The molecule has 0 saturated heterocycles. The molecule has 0 bridgehead atoms. The van der Waals surface area contributed by atoms with Gasteiger partial charge in [0.25, 0.3) is 0 Å². The molecule has 2 rings (SSSR count). The third kappa shape index (κ3) is 2.91. The van der Waals surface area contributed by atoms with Crippen LogP contribution in [0.5, 0.6) is 5.75 Å². The lowest BCUT2D eigenvalue weighted by Crippen LogP contribution is -2.15. The molecule has 3 nitrogen and oxygen atoms in total. The van der Waals surface area contributed by atoms with E-state index >= 15 is 0 Å². The second kappa shape index (κ2) is 5.99. The van der Waals surface area contributed by atoms with Gasteiger partial charge in [-0.25, -0.2) is 13.2 Å². The minimum absolute atomic E-state index is 0.0244. The van der Waals surface area contributed by atoms with E-state index in [1.54, 1.807) is 0 Å². The minimum atomic E-state index is -4.85. The van der Waals surface area contributed by atoms with E-state index in [-0.39, 0.29) is 5.56 Å². The number of rotatable bonds is 4. The Bertz CT molecular complexity index is 865. The van der Waals surface area contributed by atoms with Gasteiger partial charge in [-0.2, -0.15) is 17.2 Å². The molecule has 2 aromatic carbocycles. The van der Waals surface area contributed by atoms with Crippen molar-refractivity contribution in [2.24, 2.45) is 0 Å². The van der Waals surface area contributed by atoms with Crippen LogP contribution in [0.1, 0.15) is 5.56 Å². The Kier molecular flexibility index (Phi) is 4.42. The van der Waals surface area contributed by atoms with Crippen LogP contribution >= 0.6 is 0 Å². The van der Waals surface area contributed by atoms with E-state index < -0.39 is 49.8 Å². The first-order valence-corrected chi connectivity index (χ1v) is 7.29. The summed E-state index contributed by atoms with van der Waals surface area (Å²) in [5, 5.41) is 0. The summed E-state index contributed by atoms with van der Waals surface area (Å²) in [5.41, 5.74) is 0.0244. The van der Waals surface area contributed by atoms with Crippen molar-refractivity contribution in [2.45, 2.75) is 4.90 Å². The maximum absolute atomic E-state index is 13.5. The third-order valence-corrected chi connectivity index (χ3v) is 4.07. The molecule has 0 aliphatic rings. The Morgan fingerprint density at radius 1 is 0.870 bits per heavy atom. The molecule has 0 unspecified atom stereocenters. The average molecular weight is 350 g/mol. The topological polar surface area (TPSA) is 43.4 Å². The van der Waals surface area contributed by atoms with E-state index in [1.165, 1.54) is 18.2 Å². The maximum atomic E-state index is 13.5. The molecule has 0 atom stereocenters. The molecule has 0 N–H and O–H groups in total. The quantitative estimate of drug-likeness (QED) is 0.365. The van der Waals surface area contributed by atoms with Gasteiger partial charge in [0.1, 0.15) is 4.90 Å². The fourth-order valence-corrected chi connectivity index (χ4v) is 2.83. The Morgan fingerprint density at radius 3 is 1.87 bits per heavy atom. The number of hydrogen-bond donors (Lipinski definition) is 0. The van der Waals surface area contributed by atoms with Crippen molar-refractivity contribution < 1.29 is 34.6 Å². The Labute approximate surface area is 127 Å². The van der Waals surface area contributed by atoms with Crippen LogP contribution in [0.25, 0.3) is 6.08 Å². The first-order valence-electron chi connectivity index (χ1n) is 5.88. The van der Waals surface area contributed by atoms with Crippen molar-refractivity contribution in [3.63, 3.8) is 0 Å². The van der Waals surface area contributed by atoms with E-state index in [4.69, 9.17) is 0 Å². The zero-order valence-electron chi connectivity index (χ0n) is 11.1. The molecule has 0 amide bonds. The van der Waals surface area contributed by atoms with Crippen molar-refractivity contribution in [2.75, 3.05) is 0 Å². The summed E-state index contributed by atoms with van der Waals surface area (Å²) < 4.78 is 94.3. The molecule has 122 valence electrons. The highest BCUT2D eigenvalue weighted by Crippen LogP contribution is 2.32. The molecule has 0 saturated carbocycles. The van der Waals surface area contributed by atoms with Crippen molar-refractivity contribution in [3.05, 3.63) is 65.5 Å². The SMILES string of the molecule is C=Cc1ccccc1S(=O)(=O)Oc1c(F)c(F)c(F)c(F)c1F. The molecule has 0 aliphatic heterocycles. The van der Waals surface area contributed by atoms with Crippen LogP contribution in [0.2, 0.25) is 0 Å². The molecular weight excluding hydrogens is 343 g/mol. The molecule has 0 aliphatic carbocycles. The van der Waals surface area contributed by atoms with Crippen molar-refractivity contribution in [1.82, 2.24) is 0 Å². The summed E-state index contributed by atoms with van der Waals surface area (Å²) in [7, 11) is -4.85. The summed E-state index contributed by atoms with van der Waals surface area (Å²) in [4.78, 5) is -0.543. The van der Waals surface area contributed by atoms with Gasteiger partial charge in [-0.15, -0.1) is 0 Å². The first kappa shape index (κ1) is 16.9. The third-order valence-electron chi connectivity index (χ3n) is 2.77. The summed E-state index contributed by atoms with van der Waals surface area (Å²) in [6, 6.07) is 5.07. The lowest BCUT2D eigenvalue weighted by molar-refractivity contribution is 0.346.